The summed E-state index contributed by atoms with van der Waals surface area (Å²) in [6, 6.07) is 16.1. The maximum atomic E-state index is 9.94. The number of para-hydroxylation sites is 1. The molecule has 3 aromatic rings. The SMILES string of the molecule is Oc1c(O)c(O)c(-c2ccc(Nc3ccccc3)cc2)c(O)c1O. The van der Waals surface area contributed by atoms with Crippen LogP contribution < -0.4 is 5.32 Å². The van der Waals surface area contributed by atoms with Crippen LogP contribution in [0.2, 0.25) is 0 Å². The summed E-state index contributed by atoms with van der Waals surface area (Å²) in [5.41, 5.74) is 1.86. The van der Waals surface area contributed by atoms with Gasteiger partial charge in [-0.15, -0.1) is 0 Å². The summed E-state index contributed by atoms with van der Waals surface area (Å²) in [6.45, 7) is 0. The summed E-state index contributed by atoms with van der Waals surface area (Å²) < 4.78 is 0. The Morgan fingerprint density at radius 1 is 0.500 bits per heavy atom. The molecule has 0 saturated heterocycles. The second-order valence-corrected chi connectivity index (χ2v) is 5.19. The first-order chi connectivity index (χ1) is 11.5. The molecule has 6 nitrogen and oxygen atoms in total. The van der Waals surface area contributed by atoms with Crippen LogP contribution >= 0.6 is 0 Å². The van der Waals surface area contributed by atoms with Gasteiger partial charge in [-0.25, -0.2) is 0 Å². The molecule has 0 aliphatic carbocycles. The van der Waals surface area contributed by atoms with Crippen LogP contribution in [0.25, 0.3) is 11.1 Å². The van der Waals surface area contributed by atoms with E-state index in [0.717, 1.165) is 11.4 Å². The number of phenolic OH excluding ortho intramolecular Hbond substituents is 5. The van der Waals surface area contributed by atoms with Gasteiger partial charge in [0.25, 0.3) is 0 Å². The van der Waals surface area contributed by atoms with E-state index in [1.807, 2.05) is 30.3 Å². The third-order valence-corrected chi connectivity index (χ3v) is 3.61. The summed E-state index contributed by atoms with van der Waals surface area (Å²) in [4.78, 5) is 0. The molecule has 0 aliphatic rings. The van der Waals surface area contributed by atoms with Crippen molar-refractivity contribution in [2.75, 3.05) is 5.32 Å². The number of benzene rings is 3. The standard InChI is InChI=1S/C18H15NO5/c20-14-13(15(21)17(23)18(24)16(14)22)10-6-8-12(9-7-10)19-11-4-2-1-3-5-11/h1-9,19-24H. The Balaban J connectivity index is 1.97. The summed E-state index contributed by atoms with van der Waals surface area (Å²) in [6.07, 6.45) is 0. The topological polar surface area (TPSA) is 113 Å². The second kappa shape index (κ2) is 5.92. The molecule has 0 aromatic heterocycles. The Morgan fingerprint density at radius 3 is 1.50 bits per heavy atom. The third kappa shape index (κ3) is 2.61. The number of rotatable bonds is 3. The van der Waals surface area contributed by atoms with E-state index in [2.05, 4.69) is 5.32 Å². The highest BCUT2D eigenvalue weighted by atomic mass is 16.4. The first-order valence-electron chi connectivity index (χ1n) is 7.10. The van der Waals surface area contributed by atoms with Crippen LogP contribution in [0.1, 0.15) is 0 Å². The van der Waals surface area contributed by atoms with Gasteiger partial charge in [-0.05, 0) is 29.8 Å². The van der Waals surface area contributed by atoms with E-state index < -0.39 is 28.7 Å². The first-order valence-corrected chi connectivity index (χ1v) is 7.10. The quantitative estimate of drug-likeness (QED) is 0.324. The summed E-state index contributed by atoms with van der Waals surface area (Å²) >= 11 is 0. The van der Waals surface area contributed by atoms with E-state index in [1.54, 1.807) is 24.3 Å². The lowest BCUT2D eigenvalue weighted by molar-refractivity contribution is 0.330. The first kappa shape index (κ1) is 15.4. The second-order valence-electron chi connectivity index (χ2n) is 5.19. The molecule has 3 rings (SSSR count). The largest absolute Gasteiger partial charge is 0.504 e. The van der Waals surface area contributed by atoms with Crippen LogP contribution in [0, 0.1) is 0 Å². The molecule has 0 saturated carbocycles. The van der Waals surface area contributed by atoms with Crippen LogP contribution in [-0.2, 0) is 0 Å². The van der Waals surface area contributed by atoms with Crippen molar-refractivity contribution in [1.29, 1.82) is 0 Å². The Hall–Kier alpha value is -3.54. The molecule has 0 heterocycles. The maximum absolute atomic E-state index is 9.94. The molecule has 0 aliphatic heterocycles. The lowest BCUT2D eigenvalue weighted by Crippen LogP contribution is -1.90. The fraction of sp³-hybridized carbons (Fsp3) is 0. The number of nitrogens with one attached hydrogen (secondary N) is 1. The van der Waals surface area contributed by atoms with E-state index in [1.165, 1.54) is 0 Å². The van der Waals surface area contributed by atoms with Crippen LogP contribution in [0.3, 0.4) is 0 Å². The average molecular weight is 325 g/mol. The van der Waals surface area contributed by atoms with Crippen molar-refractivity contribution >= 4 is 11.4 Å². The summed E-state index contributed by atoms with van der Waals surface area (Å²) in [5.74, 6) is -4.20. The molecular weight excluding hydrogens is 310 g/mol. The molecule has 0 fully saturated rings. The van der Waals surface area contributed by atoms with Crippen molar-refractivity contribution in [3.8, 4) is 39.9 Å². The fourth-order valence-corrected chi connectivity index (χ4v) is 2.37. The maximum Gasteiger partial charge on any atom is 0.208 e. The number of phenols is 5. The van der Waals surface area contributed by atoms with Gasteiger partial charge in [0.1, 0.15) is 0 Å². The van der Waals surface area contributed by atoms with Gasteiger partial charge in [-0.1, -0.05) is 30.3 Å². The predicted molar refractivity (Wildman–Crippen MR) is 89.9 cm³/mol. The Bertz CT molecular complexity index is 847. The third-order valence-electron chi connectivity index (χ3n) is 3.61. The van der Waals surface area contributed by atoms with Gasteiger partial charge in [0.2, 0.25) is 17.2 Å². The zero-order valence-corrected chi connectivity index (χ0v) is 12.4. The van der Waals surface area contributed by atoms with Gasteiger partial charge in [-0.3, -0.25) is 0 Å². The number of hydrogen-bond donors (Lipinski definition) is 6. The summed E-state index contributed by atoms with van der Waals surface area (Å²) in [7, 11) is 0. The minimum atomic E-state index is -0.976. The zero-order valence-electron chi connectivity index (χ0n) is 12.4. The molecule has 0 radical (unpaired) electrons. The molecule has 6 N–H and O–H groups in total. The molecule has 0 amide bonds. The van der Waals surface area contributed by atoms with Crippen LogP contribution in [-0.4, -0.2) is 25.5 Å². The minimum Gasteiger partial charge on any atom is -0.504 e. The van der Waals surface area contributed by atoms with Crippen molar-refractivity contribution in [1.82, 2.24) is 0 Å². The smallest absolute Gasteiger partial charge is 0.208 e. The van der Waals surface area contributed by atoms with Crippen molar-refractivity contribution < 1.29 is 25.5 Å². The van der Waals surface area contributed by atoms with E-state index in [0.29, 0.717) is 5.56 Å². The number of hydrogen-bond acceptors (Lipinski definition) is 6. The molecule has 0 atom stereocenters. The van der Waals surface area contributed by atoms with Crippen LogP contribution in [0.4, 0.5) is 11.4 Å². The van der Waals surface area contributed by atoms with Gasteiger partial charge in [0.15, 0.2) is 11.5 Å². The normalized spacial score (nSPS) is 10.5. The molecule has 0 spiro atoms. The molecule has 3 aromatic carbocycles. The van der Waals surface area contributed by atoms with Crippen LogP contribution in [0.15, 0.2) is 54.6 Å². The van der Waals surface area contributed by atoms with Crippen molar-refractivity contribution in [3.05, 3.63) is 54.6 Å². The Morgan fingerprint density at radius 2 is 0.958 bits per heavy atom. The molecule has 0 unspecified atom stereocenters. The lowest BCUT2D eigenvalue weighted by atomic mass is 10.0. The molecule has 0 bridgehead atoms. The van der Waals surface area contributed by atoms with E-state index in [-0.39, 0.29) is 5.56 Å². The molecule has 122 valence electrons. The average Bonchev–Trinajstić information content (AvgIpc) is 2.61. The summed E-state index contributed by atoms with van der Waals surface area (Å²) in [5, 5.41) is 51.7. The van der Waals surface area contributed by atoms with Gasteiger partial charge >= 0.3 is 0 Å². The van der Waals surface area contributed by atoms with Gasteiger partial charge in [0, 0.05) is 11.4 Å². The highest BCUT2D eigenvalue weighted by Crippen LogP contribution is 2.54. The zero-order chi connectivity index (χ0) is 17.3. The van der Waals surface area contributed by atoms with Crippen LogP contribution in [0.5, 0.6) is 28.7 Å². The van der Waals surface area contributed by atoms with E-state index >= 15 is 0 Å². The van der Waals surface area contributed by atoms with E-state index in [9.17, 15) is 25.5 Å². The molecule has 24 heavy (non-hydrogen) atoms. The highest BCUT2D eigenvalue weighted by Gasteiger charge is 2.24. The van der Waals surface area contributed by atoms with Gasteiger partial charge in [-0.2, -0.15) is 0 Å². The van der Waals surface area contributed by atoms with Gasteiger partial charge in [0.05, 0.1) is 5.56 Å². The molecule has 6 heteroatoms. The highest BCUT2D eigenvalue weighted by molar-refractivity contribution is 5.85. The van der Waals surface area contributed by atoms with E-state index in [4.69, 9.17) is 0 Å². The van der Waals surface area contributed by atoms with Crippen molar-refractivity contribution in [3.63, 3.8) is 0 Å². The Kier molecular flexibility index (Phi) is 3.79. The number of aromatic hydroxyl groups is 5. The van der Waals surface area contributed by atoms with Gasteiger partial charge < -0.3 is 30.8 Å². The fourth-order valence-electron chi connectivity index (χ4n) is 2.37. The monoisotopic (exact) mass is 325 g/mol. The lowest BCUT2D eigenvalue weighted by Gasteiger charge is -2.13. The van der Waals surface area contributed by atoms with Crippen molar-refractivity contribution in [2.45, 2.75) is 0 Å². The molecular formula is C18H15NO5. The minimum absolute atomic E-state index is 0.172. The number of anilines is 2. The predicted octanol–water partition coefficient (Wildman–Crippen LogP) is 3.63. The van der Waals surface area contributed by atoms with Crippen molar-refractivity contribution in [2.24, 2.45) is 0 Å². The Labute approximate surface area is 137 Å².